The van der Waals surface area contributed by atoms with E-state index in [-0.39, 0.29) is 18.4 Å². The third-order valence-corrected chi connectivity index (χ3v) is 3.04. The molecular weight excluding hydrogens is 282 g/mol. The summed E-state index contributed by atoms with van der Waals surface area (Å²) in [7, 11) is 0. The van der Waals surface area contributed by atoms with Gasteiger partial charge in [-0.3, -0.25) is 14.4 Å². The molecule has 6 heteroatoms. The van der Waals surface area contributed by atoms with Crippen molar-refractivity contribution in [3.63, 3.8) is 0 Å². The smallest absolute Gasteiger partial charge is 0.251 e. The average molecular weight is 305 g/mol. The molecule has 3 amide bonds. The number of hydrogen-bond donors (Lipinski definition) is 3. The van der Waals surface area contributed by atoms with E-state index in [1.54, 1.807) is 19.1 Å². The Labute approximate surface area is 130 Å². The Morgan fingerprint density at radius 1 is 1.09 bits per heavy atom. The molecule has 22 heavy (non-hydrogen) atoms. The largest absolute Gasteiger partial charge is 0.354 e. The van der Waals surface area contributed by atoms with Crippen molar-refractivity contribution in [3.8, 4) is 0 Å². The Morgan fingerprint density at radius 3 is 2.32 bits per heavy atom. The molecule has 6 nitrogen and oxygen atoms in total. The van der Waals surface area contributed by atoms with Crippen LogP contribution in [-0.2, 0) is 9.59 Å². The third-order valence-electron chi connectivity index (χ3n) is 3.04. The first kappa shape index (κ1) is 17.7. The molecule has 0 saturated carbocycles. The van der Waals surface area contributed by atoms with Crippen LogP contribution in [0.3, 0.4) is 0 Å². The minimum atomic E-state index is -0.629. The molecule has 0 radical (unpaired) electrons. The lowest BCUT2D eigenvalue weighted by atomic mass is 10.1. The van der Waals surface area contributed by atoms with Crippen LogP contribution >= 0.6 is 0 Å². The van der Waals surface area contributed by atoms with Gasteiger partial charge in [-0.2, -0.15) is 0 Å². The monoisotopic (exact) mass is 305 g/mol. The Bertz CT molecular complexity index is 526. The van der Waals surface area contributed by atoms with Crippen molar-refractivity contribution >= 4 is 17.7 Å². The van der Waals surface area contributed by atoms with E-state index in [0.717, 1.165) is 12.0 Å². The van der Waals surface area contributed by atoms with Crippen molar-refractivity contribution in [1.82, 2.24) is 16.0 Å². The highest BCUT2D eigenvalue weighted by molar-refractivity contribution is 5.97. The van der Waals surface area contributed by atoms with Crippen LogP contribution in [0.4, 0.5) is 0 Å². The molecule has 1 rings (SSSR count). The lowest BCUT2D eigenvalue weighted by Gasteiger charge is -2.14. The summed E-state index contributed by atoms with van der Waals surface area (Å²) in [5.74, 6) is -0.960. The molecule has 0 aliphatic heterocycles. The Morgan fingerprint density at radius 2 is 1.73 bits per heavy atom. The molecule has 1 aromatic rings. The van der Waals surface area contributed by atoms with Crippen molar-refractivity contribution in [1.29, 1.82) is 0 Å². The van der Waals surface area contributed by atoms with E-state index < -0.39 is 11.9 Å². The zero-order valence-electron chi connectivity index (χ0n) is 13.2. The third kappa shape index (κ3) is 5.95. The number of carbonyl (C=O) groups excluding carboxylic acids is 3. The number of benzene rings is 1. The maximum Gasteiger partial charge on any atom is 0.251 e. The second kappa shape index (κ2) is 8.81. The summed E-state index contributed by atoms with van der Waals surface area (Å²) in [5.41, 5.74) is 1.55. The summed E-state index contributed by atoms with van der Waals surface area (Å²) >= 11 is 0. The van der Waals surface area contributed by atoms with Crippen molar-refractivity contribution in [2.45, 2.75) is 33.2 Å². The highest BCUT2D eigenvalue weighted by Crippen LogP contribution is 2.02. The number of amides is 3. The van der Waals surface area contributed by atoms with Gasteiger partial charge in [-0.05, 0) is 32.4 Å². The highest BCUT2D eigenvalue weighted by Gasteiger charge is 2.15. The van der Waals surface area contributed by atoms with Gasteiger partial charge in [0.25, 0.3) is 5.91 Å². The zero-order valence-corrected chi connectivity index (χ0v) is 13.2. The van der Waals surface area contributed by atoms with Crippen LogP contribution in [-0.4, -0.2) is 36.9 Å². The van der Waals surface area contributed by atoms with Crippen molar-refractivity contribution in [2.24, 2.45) is 0 Å². The molecule has 0 heterocycles. The summed E-state index contributed by atoms with van der Waals surface area (Å²) in [6, 6.07) is 6.42. The second-order valence-corrected chi connectivity index (χ2v) is 5.13. The minimum Gasteiger partial charge on any atom is -0.354 e. The Kier molecular flexibility index (Phi) is 7.08. The number of nitrogens with one attached hydrogen (secondary N) is 3. The fourth-order valence-electron chi connectivity index (χ4n) is 1.73. The van der Waals surface area contributed by atoms with Gasteiger partial charge in [0.05, 0.1) is 6.54 Å². The maximum absolute atomic E-state index is 11.9. The van der Waals surface area contributed by atoms with E-state index in [9.17, 15) is 14.4 Å². The molecule has 0 fully saturated rings. The summed E-state index contributed by atoms with van der Waals surface area (Å²) in [6.07, 6.45) is 0.832. The molecule has 1 unspecified atom stereocenters. The normalized spacial score (nSPS) is 11.4. The molecule has 120 valence electrons. The van der Waals surface area contributed by atoms with Gasteiger partial charge in [0.15, 0.2) is 0 Å². The van der Waals surface area contributed by atoms with Gasteiger partial charge in [0.2, 0.25) is 11.8 Å². The lowest BCUT2D eigenvalue weighted by molar-refractivity contribution is -0.128. The van der Waals surface area contributed by atoms with E-state index in [4.69, 9.17) is 0 Å². The number of rotatable bonds is 7. The Balaban J connectivity index is 2.37. The SMILES string of the molecule is CCCNC(=O)C(C)NC(=O)CNC(=O)c1ccc(C)cc1. The molecule has 0 saturated heterocycles. The van der Waals surface area contributed by atoms with Crippen LogP contribution in [0.5, 0.6) is 0 Å². The highest BCUT2D eigenvalue weighted by atomic mass is 16.2. The van der Waals surface area contributed by atoms with Gasteiger partial charge in [-0.15, -0.1) is 0 Å². The van der Waals surface area contributed by atoms with Gasteiger partial charge in [0, 0.05) is 12.1 Å². The number of hydrogen-bond acceptors (Lipinski definition) is 3. The first-order valence-electron chi connectivity index (χ1n) is 7.36. The van der Waals surface area contributed by atoms with Crippen LogP contribution in [0.1, 0.15) is 36.2 Å². The van der Waals surface area contributed by atoms with E-state index in [2.05, 4.69) is 16.0 Å². The number of carbonyl (C=O) groups is 3. The van der Waals surface area contributed by atoms with Gasteiger partial charge < -0.3 is 16.0 Å². The molecule has 0 aromatic heterocycles. The first-order chi connectivity index (χ1) is 10.4. The van der Waals surface area contributed by atoms with E-state index in [1.165, 1.54) is 0 Å². The van der Waals surface area contributed by atoms with Crippen molar-refractivity contribution in [3.05, 3.63) is 35.4 Å². The molecule has 0 aliphatic carbocycles. The molecular formula is C16H23N3O3. The average Bonchev–Trinajstić information content (AvgIpc) is 2.50. The number of aryl methyl sites for hydroxylation is 1. The topological polar surface area (TPSA) is 87.3 Å². The standard InChI is InChI=1S/C16H23N3O3/c1-4-9-17-15(21)12(3)19-14(20)10-18-16(22)13-7-5-11(2)6-8-13/h5-8,12H,4,9-10H2,1-3H3,(H,17,21)(H,18,22)(H,19,20). The molecule has 0 aliphatic rings. The van der Waals surface area contributed by atoms with Crippen molar-refractivity contribution in [2.75, 3.05) is 13.1 Å². The van der Waals surface area contributed by atoms with Crippen LogP contribution in [0.25, 0.3) is 0 Å². The Hall–Kier alpha value is -2.37. The maximum atomic E-state index is 11.9. The minimum absolute atomic E-state index is 0.169. The molecule has 0 spiro atoms. The molecule has 1 aromatic carbocycles. The fraction of sp³-hybridized carbons (Fsp3) is 0.438. The van der Waals surface area contributed by atoms with Crippen LogP contribution in [0, 0.1) is 6.92 Å². The van der Waals surface area contributed by atoms with Gasteiger partial charge >= 0.3 is 0 Å². The molecule has 1 atom stereocenters. The molecule has 0 bridgehead atoms. The summed E-state index contributed by atoms with van der Waals surface area (Å²) in [5, 5.41) is 7.75. The van der Waals surface area contributed by atoms with Gasteiger partial charge in [-0.1, -0.05) is 24.6 Å². The lowest BCUT2D eigenvalue weighted by Crippen LogP contribution is -2.48. The summed E-state index contributed by atoms with van der Waals surface area (Å²) < 4.78 is 0. The zero-order chi connectivity index (χ0) is 16.5. The summed E-state index contributed by atoms with van der Waals surface area (Å²) in [6.45, 7) is 5.89. The van der Waals surface area contributed by atoms with Gasteiger partial charge in [0.1, 0.15) is 6.04 Å². The van der Waals surface area contributed by atoms with E-state index in [0.29, 0.717) is 12.1 Å². The van der Waals surface area contributed by atoms with E-state index >= 15 is 0 Å². The summed E-state index contributed by atoms with van der Waals surface area (Å²) in [4.78, 5) is 35.2. The first-order valence-corrected chi connectivity index (χ1v) is 7.36. The molecule has 3 N–H and O–H groups in total. The van der Waals surface area contributed by atoms with Gasteiger partial charge in [-0.25, -0.2) is 0 Å². The second-order valence-electron chi connectivity index (χ2n) is 5.13. The quantitative estimate of drug-likeness (QED) is 0.695. The predicted molar refractivity (Wildman–Crippen MR) is 84.4 cm³/mol. The van der Waals surface area contributed by atoms with Crippen LogP contribution < -0.4 is 16.0 Å². The van der Waals surface area contributed by atoms with Crippen LogP contribution in [0.2, 0.25) is 0 Å². The van der Waals surface area contributed by atoms with E-state index in [1.807, 2.05) is 26.0 Å². The fourth-order valence-corrected chi connectivity index (χ4v) is 1.73. The predicted octanol–water partition coefficient (Wildman–Crippen LogP) is 0.756. The van der Waals surface area contributed by atoms with Crippen LogP contribution in [0.15, 0.2) is 24.3 Å². The van der Waals surface area contributed by atoms with Crippen molar-refractivity contribution < 1.29 is 14.4 Å².